The quantitative estimate of drug-likeness (QED) is 0.817. The van der Waals surface area contributed by atoms with E-state index in [2.05, 4.69) is 10.3 Å². The van der Waals surface area contributed by atoms with Crippen LogP contribution in [0.5, 0.6) is 0 Å². The molecule has 0 bridgehead atoms. The maximum atomic E-state index is 12.5. The van der Waals surface area contributed by atoms with Gasteiger partial charge in [0.05, 0.1) is 17.6 Å². The average molecular weight is 347 g/mol. The third-order valence-electron chi connectivity index (χ3n) is 4.01. The summed E-state index contributed by atoms with van der Waals surface area (Å²) >= 11 is 6.05. The molecule has 0 spiro atoms. The van der Waals surface area contributed by atoms with Crippen molar-refractivity contribution < 1.29 is 9.59 Å². The number of hydrogen-bond donors (Lipinski definition) is 1. The summed E-state index contributed by atoms with van der Waals surface area (Å²) in [6.45, 7) is 1.96. The molecule has 1 N–H and O–H groups in total. The highest BCUT2D eigenvalue weighted by Gasteiger charge is 2.26. The van der Waals surface area contributed by atoms with Crippen molar-refractivity contribution in [3.8, 4) is 0 Å². The first-order valence-electron chi connectivity index (χ1n) is 7.99. The molecule has 3 rings (SSSR count). The van der Waals surface area contributed by atoms with Crippen LogP contribution in [0.3, 0.4) is 0 Å². The van der Waals surface area contributed by atoms with Crippen molar-refractivity contribution in [2.45, 2.75) is 25.8 Å². The predicted molar refractivity (Wildman–Crippen MR) is 92.2 cm³/mol. The number of halogens is 1. The predicted octanol–water partition coefficient (Wildman–Crippen LogP) is 2.48. The number of aryl methyl sites for hydroxylation is 1. The lowest BCUT2D eigenvalue weighted by molar-refractivity contribution is -0.117. The van der Waals surface area contributed by atoms with Gasteiger partial charge in [0.15, 0.2) is 0 Å². The van der Waals surface area contributed by atoms with Crippen LogP contribution >= 0.6 is 11.6 Å². The molecule has 0 aliphatic carbocycles. The number of nitrogens with one attached hydrogen (secondary N) is 1. The van der Waals surface area contributed by atoms with Crippen LogP contribution < -0.4 is 10.2 Å². The summed E-state index contributed by atoms with van der Waals surface area (Å²) in [7, 11) is 0. The van der Waals surface area contributed by atoms with E-state index in [1.54, 1.807) is 35.6 Å². The second-order valence-corrected chi connectivity index (χ2v) is 6.16. The first-order chi connectivity index (χ1) is 11.6. The van der Waals surface area contributed by atoms with E-state index in [9.17, 15) is 9.59 Å². The molecule has 1 aromatic carbocycles. The number of hydrogen-bond acceptors (Lipinski definition) is 3. The molecule has 126 valence electrons. The monoisotopic (exact) mass is 346 g/mol. The van der Waals surface area contributed by atoms with Gasteiger partial charge in [0, 0.05) is 43.5 Å². The Morgan fingerprint density at radius 1 is 1.38 bits per heavy atom. The molecule has 7 heteroatoms. The summed E-state index contributed by atoms with van der Waals surface area (Å²) in [6.07, 6.45) is 7.48. The van der Waals surface area contributed by atoms with Crippen LogP contribution in [-0.2, 0) is 11.3 Å². The Morgan fingerprint density at radius 3 is 2.96 bits per heavy atom. The number of carbonyl (C=O) groups excluding carboxylic acids is 2. The lowest BCUT2D eigenvalue weighted by Gasteiger charge is -2.19. The molecular weight excluding hydrogens is 328 g/mol. The first kappa shape index (κ1) is 16.5. The number of aromatic nitrogens is 2. The molecule has 1 saturated heterocycles. The maximum Gasteiger partial charge on any atom is 0.253 e. The fraction of sp³-hybridized carbons (Fsp3) is 0.353. The van der Waals surface area contributed by atoms with Gasteiger partial charge in [-0.25, -0.2) is 4.98 Å². The van der Waals surface area contributed by atoms with Crippen LogP contribution in [0.25, 0.3) is 0 Å². The smallest absolute Gasteiger partial charge is 0.253 e. The Bertz CT molecular complexity index is 730. The van der Waals surface area contributed by atoms with Crippen LogP contribution in [0, 0.1) is 0 Å². The van der Waals surface area contributed by atoms with Crippen molar-refractivity contribution in [2.75, 3.05) is 18.0 Å². The fourth-order valence-electron chi connectivity index (χ4n) is 2.80. The second-order valence-electron chi connectivity index (χ2n) is 5.72. The molecule has 2 heterocycles. The van der Waals surface area contributed by atoms with Gasteiger partial charge in [-0.15, -0.1) is 0 Å². The summed E-state index contributed by atoms with van der Waals surface area (Å²) in [6, 6.07) is 5.03. The van der Waals surface area contributed by atoms with Crippen LogP contribution in [-0.4, -0.2) is 34.5 Å². The SMILES string of the molecule is O=C(NCCCn1ccnc1)c1ccc(Cl)cc1N1CCCC1=O. The first-order valence-corrected chi connectivity index (χ1v) is 8.37. The molecular formula is C17H19ClN4O2. The molecule has 6 nitrogen and oxygen atoms in total. The maximum absolute atomic E-state index is 12.5. The molecule has 0 atom stereocenters. The highest BCUT2D eigenvalue weighted by atomic mass is 35.5. The van der Waals surface area contributed by atoms with Crippen molar-refractivity contribution in [1.29, 1.82) is 0 Å². The molecule has 24 heavy (non-hydrogen) atoms. The minimum absolute atomic E-state index is 0.0337. The van der Waals surface area contributed by atoms with Gasteiger partial charge in [-0.2, -0.15) is 0 Å². The van der Waals surface area contributed by atoms with Crippen LogP contribution in [0.15, 0.2) is 36.9 Å². The summed E-state index contributed by atoms with van der Waals surface area (Å²) < 4.78 is 1.96. The summed E-state index contributed by atoms with van der Waals surface area (Å²) in [4.78, 5) is 30.1. The average Bonchev–Trinajstić information content (AvgIpc) is 3.22. The Labute approximate surface area is 145 Å². The van der Waals surface area contributed by atoms with Gasteiger partial charge in [0.25, 0.3) is 5.91 Å². The minimum atomic E-state index is -0.188. The van der Waals surface area contributed by atoms with Crippen molar-refractivity contribution in [3.05, 3.63) is 47.5 Å². The lowest BCUT2D eigenvalue weighted by atomic mass is 10.1. The number of nitrogens with zero attached hydrogens (tertiary/aromatic N) is 3. The Kier molecular flexibility index (Phi) is 5.15. The lowest BCUT2D eigenvalue weighted by Crippen LogP contribution is -2.30. The molecule has 0 saturated carbocycles. The summed E-state index contributed by atoms with van der Waals surface area (Å²) in [5, 5.41) is 3.42. The standard InChI is InChI=1S/C17H19ClN4O2/c18-13-4-5-14(15(11-13)22-9-1-3-16(22)23)17(24)20-6-2-8-21-10-7-19-12-21/h4-5,7,10-12H,1-3,6,8-9H2,(H,20,24). The summed E-state index contributed by atoms with van der Waals surface area (Å²) in [5.74, 6) is -0.154. The van der Waals surface area contributed by atoms with E-state index in [0.29, 0.717) is 35.8 Å². The van der Waals surface area contributed by atoms with E-state index in [1.807, 2.05) is 10.8 Å². The van der Waals surface area contributed by atoms with Crippen LogP contribution in [0.4, 0.5) is 5.69 Å². The number of rotatable bonds is 6. The number of amides is 2. The van der Waals surface area contributed by atoms with Crippen LogP contribution in [0.2, 0.25) is 5.02 Å². The molecule has 2 aromatic rings. The van der Waals surface area contributed by atoms with Crippen molar-refractivity contribution >= 4 is 29.1 Å². The minimum Gasteiger partial charge on any atom is -0.352 e. The molecule has 0 unspecified atom stereocenters. The van der Waals surface area contributed by atoms with Gasteiger partial charge < -0.3 is 14.8 Å². The van der Waals surface area contributed by atoms with E-state index >= 15 is 0 Å². The van der Waals surface area contributed by atoms with E-state index < -0.39 is 0 Å². The van der Waals surface area contributed by atoms with Crippen molar-refractivity contribution in [1.82, 2.24) is 14.9 Å². The molecule has 1 aliphatic heterocycles. The molecule has 1 aromatic heterocycles. The molecule has 1 aliphatic rings. The zero-order chi connectivity index (χ0) is 16.9. The number of imidazole rings is 1. The number of carbonyl (C=O) groups is 2. The van der Waals surface area contributed by atoms with E-state index in [0.717, 1.165) is 19.4 Å². The second kappa shape index (κ2) is 7.49. The zero-order valence-corrected chi connectivity index (χ0v) is 14.0. The third kappa shape index (κ3) is 3.76. The van der Waals surface area contributed by atoms with Gasteiger partial charge in [-0.3, -0.25) is 9.59 Å². The van der Waals surface area contributed by atoms with Crippen LogP contribution in [0.1, 0.15) is 29.6 Å². The van der Waals surface area contributed by atoms with E-state index in [1.165, 1.54) is 0 Å². The van der Waals surface area contributed by atoms with Gasteiger partial charge in [-0.05, 0) is 31.0 Å². The largest absolute Gasteiger partial charge is 0.352 e. The normalized spacial score (nSPS) is 14.2. The van der Waals surface area contributed by atoms with Gasteiger partial charge in [-0.1, -0.05) is 11.6 Å². The highest BCUT2D eigenvalue weighted by Crippen LogP contribution is 2.28. The Balaban J connectivity index is 1.64. The molecule has 0 radical (unpaired) electrons. The Hall–Kier alpha value is -2.34. The van der Waals surface area contributed by atoms with Gasteiger partial charge in [0.2, 0.25) is 5.91 Å². The van der Waals surface area contributed by atoms with Gasteiger partial charge in [0.1, 0.15) is 0 Å². The number of benzene rings is 1. The summed E-state index contributed by atoms with van der Waals surface area (Å²) in [5.41, 5.74) is 1.08. The van der Waals surface area contributed by atoms with Crippen molar-refractivity contribution in [2.24, 2.45) is 0 Å². The van der Waals surface area contributed by atoms with Gasteiger partial charge >= 0.3 is 0 Å². The third-order valence-corrected chi connectivity index (χ3v) is 4.24. The topological polar surface area (TPSA) is 67.2 Å². The fourth-order valence-corrected chi connectivity index (χ4v) is 2.97. The zero-order valence-electron chi connectivity index (χ0n) is 13.2. The molecule has 1 fully saturated rings. The molecule has 2 amide bonds. The van der Waals surface area contributed by atoms with E-state index in [4.69, 9.17) is 11.6 Å². The Morgan fingerprint density at radius 2 is 2.25 bits per heavy atom. The van der Waals surface area contributed by atoms with E-state index in [-0.39, 0.29) is 11.8 Å². The highest BCUT2D eigenvalue weighted by molar-refractivity contribution is 6.31. The number of anilines is 1. The van der Waals surface area contributed by atoms with Crippen molar-refractivity contribution in [3.63, 3.8) is 0 Å².